The Morgan fingerprint density at radius 2 is 1.52 bits per heavy atom. The van der Waals surface area contributed by atoms with E-state index in [2.05, 4.69) is 24.4 Å². The molecule has 0 spiro atoms. The van der Waals surface area contributed by atoms with Crippen LogP contribution in [0.1, 0.15) is 31.4 Å². The predicted octanol–water partition coefficient (Wildman–Crippen LogP) is 4.22. The fraction of sp³-hybridized carbons (Fsp3) is 0.429. The van der Waals surface area contributed by atoms with Crippen LogP contribution in [0.4, 0.5) is 0 Å². The summed E-state index contributed by atoms with van der Waals surface area (Å²) in [5.74, 6) is 2.40. The molecule has 0 unspecified atom stereocenters. The van der Waals surface area contributed by atoms with Crippen molar-refractivity contribution in [3.63, 3.8) is 0 Å². The summed E-state index contributed by atoms with van der Waals surface area (Å²) in [6.07, 6.45) is 2.26. The van der Waals surface area contributed by atoms with Crippen LogP contribution in [0.5, 0.6) is 17.2 Å². The fourth-order valence-electron chi connectivity index (χ4n) is 2.61. The molecule has 0 aliphatic heterocycles. The Balaban J connectivity index is 1.84. The molecule has 0 aromatic heterocycles. The molecule has 2 aromatic carbocycles. The maximum absolute atomic E-state index is 5.84. The summed E-state index contributed by atoms with van der Waals surface area (Å²) in [6.45, 7) is 6.54. The largest absolute Gasteiger partial charge is 0.490 e. The summed E-state index contributed by atoms with van der Waals surface area (Å²) >= 11 is 0. The lowest BCUT2D eigenvalue weighted by Gasteiger charge is -2.14. The van der Waals surface area contributed by atoms with E-state index in [1.807, 2.05) is 44.3 Å². The van der Waals surface area contributed by atoms with Crippen molar-refractivity contribution in [2.75, 3.05) is 26.9 Å². The first-order valence-corrected chi connectivity index (χ1v) is 9.01. The SMILES string of the molecule is CCCc1ccc(OCCOc2ccc(CNC)cc2OCC)cc1. The van der Waals surface area contributed by atoms with E-state index >= 15 is 0 Å². The van der Waals surface area contributed by atoms with E-state index in [1.165, 1.54) is 11.1 Å². The lowest BCUT2D eigenvalue weighted by Crippen LogP contribution is -2.10. The standard InChI is InChI=1S/C21H29NO3/c1-4-6-17-7-10-19(11-8-17)24-13-14-25-20-12-9-18(16-22-3)15-21(20)23-5-2/h7-12,15,22H,4-6,13-14,16H2,1-3H3. The zero-order valence-corrected chi connectivity index (χ0v) is 15.5. The molecular weight excluding hydrogens is 314 g/mol. The van der Waals surface area contributed by atoms with E-state index in [1.54, 1.807) is 0 Å². The summed E-state index contributed by atoms with van der Waals surface area (Å²) in [4.78, 5) is 0. The summed E-state index contributed by atoms with van der Waals surface area (Å²) < 4.78 is 17.3. The van der Waals surface area contributed by atoms with Crippen molar-refractivity contribution < 1.29 is 14.2 Å². The zero-order chi connectivity index (χ0) is 17.9. The van der Waals surface area contributed by atoms with Gasteiger partial charge in [-0.05, 0) is 55.8 Å². The van der Waals surface area contributed by atoms with Crippen LogP contribution < -0.4 is 19.5 Å². The third-order valence-electron chi connectivity index (χ3n) is 3.76. The first-order valence-electron chi connectivity index (χ1n) is 9.01. The van der Waals surface area contributed by atoms with Gasteiger partial charge in [0.05, 0.1) is 6.61 Å². The molecule has 4 nitrogen and oxygen atoms in total. The summed E-state index contributed by atoms with van der Waals surface area (Å²) in [7, 11) is 1.93. The number of hydrogen-bond acceptors (Lipinski definition) is 4. The predicted molar refractivity (Wildman–Crippen MR) is 102 cm³/mol. The van der Waals surface area contributed by atoms with Crippen LogP contribution in [0.3, 0.4) is 0 Å². The zero-order valence-electron chi connectivity index (χ0n) is 15.5. The van der Waals surface area contributed by atoms with Gasteiger partial charge in [-0.15, -0.1) is 0 Å². The van der Waals surface area contributed by atoms with E-state index in [0.717, 1.165) is 36.6 Å². The number of aryl methyl sites for hydroxylation is 1. The van der Waals surface area contributed by atoms with Gasteiger partial charge < -0.3 is 19.5 Å². The van der Waals surface area contributed by atoms with Gasteiger partial charge in [-0.25, -0.2) is 0 Å². The molecule has 0 bridgehead atoms. The van der Waals surface area contributed by atoms with Gasteiger partial charge in [-0.2, -0.15) is 0 Å². The van der Waals surface area contributed by atoms with E-state index in [4.69, 9.17) is 14.2 Å². The van der Waals surface area contributed by atoms with Crippen molar-refractivity contribution in [1.29, 1.82) is 0 Å². The monoisotopic (exact) mass is 343 g/mol. The van der Waals surface area contributed by atoms with Crippen molar-refractivity contribution in [3.05, 3.63) is 53.6 Å². The van der Waals surface area contributed by atoms with Gasteiger partial charge in [0.1, 0.15) is 19.0 Å². The molecule has 136 valence electrons. The maximum Gasteiger partial charge on any atom is 0.161 e. The van der Waals surface area contributed by atoms with Gasteiger partial charge in [0.2, 0.25) is 0 Å². The molecule has 0 saturated heterocycles. The Labute approximate surface area is 151 Å². The quantitative estimate of drug-likeness (QED) is 0.620. The highest BCUT2D eigenvalue weighted by atomic mass is 16.5. The van der Waals surface area contributed by atoms with Crippen LogP contribution in [0, 0.1) is 0 Å². The smallest absolute Gasteiger partial charge is 0.161 e. The first-order chi connectivity index (χ1) is 12.3. The molecule has 1 N–H and O–H groups in total. The Morgan fingerprint density at radius 3 is 2.20 bits per heavy atom. The minimum atomic E-state index is 0.474. The topological polar surface area (TPSA) is 39.7 Å². The molecular formula is C21H29NO3. The van der Waals surface area contributed by atoms with E-state index in [-0.39, 0.29) is 0 Å². The van der Waals surface area contributed by atoms with E-state index in [0.29, 0.717) is 19.8 Å². The van der Waals surface area contributed by atoms with E-state index in [9.17, 15) is 0 Å². The van der Waals surface area contributed by atoms with Gasteiger partial charge in [-0.1, -0.05) is 31.5 Å². The van der Waals surface area contributed by atoms with Crippen molar-refractivity contribution >= 4 is 0 Å². The van der Waals surface area contributed by atoms with Gasteiger partial charge in [0, 0.05) is 6.54 Å². The maximum atomic E-state index is 5.84. The summed E-state index contributed by atoms with van der Waals surface area (Å²) in [6, 6.07) is 14.3. The first kappa shape index (κ1) is 19.1. The average molecular weight is 343 g/mol. The van der Waals surface area contributed by atoms with Crippen molar-refractivity contribution in [2.45, 2.75) is 33.2 Å². The number of nitrogens with one attached hydrogen (secondary N) is 1. The van der Waals surface area contributed by atoms with Gasteiger partial charge in [-0.3, -0.25) is 0 Å². The highest BCUT2D eigenvalue weighted by molar-refractivity contribution is 5.43. The van der Waals surface area contributed by atoms with Crippen LogP contribution in [0.15, 0.2) is 42.5 Å². The Morgan fingerprint density at radius 1 is 0.800 bits per heavy atom. The lowest BCUT2D eigenvalue weighted by molar-refractivity contribution is 0.208. The normalized spacial score (nSPS) is 10.5. The lowest BCUT2D eigenvalue weighted by atomic mass is 10.1. The van der Waals surface area contributed by atoms with Gasteiger partial charge in [0.15, 0.2) is 11.5 Å². The van der Waals surface area contributed by atoms with Crippen molar-refractivity contribution in [2.24, 2.45) is 0 Å². The minimum absolute atomic E-state index is 0.474. The number of rotatable bonds is 11. The molecule has 0 atom stereocenters. The molecule has 2 aromatic rings. The second kappa shape index (κ2) is 10.6. The molecule has 0 heterocycles. The number of hydrogen-bond donors (Lipinski definition) is 1. The second-order valence-electron chi connectivity index (χ2n) is 5.84. The fourth-order valence-corrected chi connectivity index (χ4v) is 2.61. The molecule has 0 aliphatic carbocycles. The minimum Gasteiger partial charge on any atom is -0.490 e. The average Bonchev–Trinajstić information content (AvgIpc) is 2.62. The molecule has 0 saturated carbocycles. The van der Waals surface area contributed by atoms with Crippen LogP contribution in [-0.2, 0) is 13.0 Å². The molecule has 0 fully saturated rings. The van der Waals surface area contributed by atoms with Crippen molar-refractivity contribution in [1.82, 2.24) is 5.32 Å². The number of benzene rings is 2. The third-order valence-corrected chi connectivity index (χ3v) is 3.76. The molecule has 25 heavy (non-hydrogen) atoms. The summed E-state index contributed by atoms with van der Waals surface area (Å²) in [5, 5.41) is 3.14. The van der Waals surface area contributed by atoms with Gasteiger partial charge >= 0.3 is 0 Å². The molecule has 4 heteroatoms. The second-order valence-corrected chi connectivity index (χ2v) is 5.84. The van der Waals surface area contributed by atoms with Crippen LogP contribution in [-0.4, -0.2) is 26.9 Å². The van der Waals surface area contributed by atoms with Crippen LogP contribution in [0.25, 0.3) is 0 Å². The highest BCUT2D eigenvalue weighted by Gasteiger charge is 2.06. The summed E-state index contributed by atoms with van der Waals surface area (Å²) in [5.41, 5.74) is 2.51. The molecule has 0 radical (unpaired) electrons. The van der Waals surface area contributed by atoms with Crippen LogP contribution >= 0.6 is 0 Å². The molecule has 0 amide bonds. The van der Waals surface area contributed by atoms with Crippen LogP contribution in [0.2, 0.25) is 0 Å². The van der Waals surface area contributed by atoms with Gasteiger partial charge in [0.25, 0.3) is 0 Å². The third kappa shape index (κ3) is 6.31. The Bertz CT molecular complexity index is 626. The molecule has 0 aliphatic rings. The Kier molecular flexibility index (Phi) is 8.13. The van der Waals surface area contributed by atoms with Crippen molar-refractivity contribution in [3.8, 4) is 17.2 Å². The number of ether oxygens (including phenoxy) is 3. The molecule has 2 rings (SSSR count). The van der Waals surface area contributed by atoms with E-state index < -0.39 is 0 Å². The Hall–Kier alpha value is -2.20. The highest BCUT2D eigenvalue weighted by Crippen LogP contribution is 2.28.